The molecule has 1 atom stereocenters. The van der Waals surface area contributed by atoms with Crippen molar-refractivity contribution in [2.45, 2.75) is 40.2 Å². The van der Waals surface area contributed by atoms with Gasteiger partial charge in [-0.2, -0.15) is 0 Å². The number of nitrogens with two attached hydrogens (primary N) is 1. The van der Waals surface area contributed by atoms with E-state index < -0.39 is 0 Å². The highest BCUT2D eigenvalue weighted by Gasteiger charge is 1.96. The molecule has 0 aromatic rings. The number of hydrogen-bond donors (Lipinski definition) is 2. The predicted octanol–water partition coefficient (Wildman–Crippen LogP) is 1.38. The van der Waals surface area contributed by atoms with Crippen LogP contribution in [0.15, 0.2) is 0 Å². The van der Waals surface area contributed by atoms with Crippen molar-refractivity contribution in [1.82, 2.24) is 5.32 Å². The number of nitrogens with one attached hydrogen (secondary N) is 1. The van der Waals surface area contributed by atoms with Gasteiger partial charge in [0.15, 0.2) is 0 Å². The van der Waals surface area contributed by atoms with Crippen LogP contribution < -0.4 is 11.1 Å². The molecule has 3 N–H and O–H groups in total. The van der Waals surface area contributed by atoms with Gasteiger partial charge >= 0.3 is 0 Å². The predicted molar refractivity (Wildman–Crippen MR) is 52.5 cm³/mol. The molecular weight excluding hydrogens is 140 g/mol. The van der Waals surface area contributed by atoms with Gasteiger partial charge in [0, 0.05) is 22.4 Å². The lowest BCUT2D eigenvalue weighted by molar-refractivity contribution is -0.119. The van der Waals surface area contributed by atoms with Gasteiger partial charge in [-0.05, 0) is 6.92 Å². The molecule has 1 unspecified atom stereocenters. The second-order valence-electron chi connectivity index (χ2n) is 2.54. The highest BCUT2D eigenvalue weighted by Crippen LogP contribution is 1.73. The van der Waals surface area contributed by atoms with E-state index in [9.17, 15) is 4.79 Å². The summed E-state index contributed by atoms with van der Waals surface area (Å²) in [6, 6.07) is 0.104. The molecule has 0 rings (SSSR count). The van der Waals surface area contributed by atoms with Crippen LogP contribution in [0.5, 0.6) is 0 Å². The maximum atomic E-state index is 10.2. The molecule has 3 heteroatoms. The molecule has 0 aliphatic rings. The molecule has 11 heavy (non-hydrogen) atoms. The van der Waals surface area contributed by atoms with Gasteiger partial charge in [0.2, 0.25) is 5.91 Å². The van der Waals surface area contributed by atoms with Crippen LogP contribution in [0.25, 0.3) is 0 Å². The molecule has 1 amide bonds. The third-order valence-corrected chi connectivity index (χ3v) is 0.803. The van der Waals surface area contributed by atoms with Gasteiger partial charge in [0.05, 0.1) is 0 Å². The summed E-state index contributed by atoms with van der Waals surface area (Å²) in [6.45, 7) is 8.09. The minimum Gasteiger partial charge on any atom is -0.353 e. The Hall–Kier alpha value is -0.570. The van der Waals surface area contributed by atoms with Crippen LogP contribution in [-0.2, 0) is 4.79 Å². The van der Waals surface area contributed by atoms with E-state index in [0.29, 0.717) is 6.54 Å². The summed E-state index contributed by atoms with van der Waals surface area (Å²) in [7, 11) is 0. The minimum absolute atomic E-state index is 0. The SMILES string of the molecule is CC(=O)NC(C)CN.CCC.[HH].[HH]. The van der Waals surface area contributed by atoms with Gasteiger partial charge in [0.1, 0.15) is 0 Å². The fourth-order valence-electron chi connectivity index (χ4n) is 0.406. The Morgan fingerprint density at radius 3 is 2.09 bits per heavy atom. The standard InChI is InChI=1S/C5H12N2O.C3H8.2H2/c1-4(3-6)7-5(2)8;1-3-2;;/h4H,3,6H2,1-2H3,(H,7,8);3H2,1-2H3;2*1H. The average molecular weight is 164 g/mol. The molecule has 0 aromatic carbocycles. The van der Waals surface area contributed by atoms with Crippen LogP contribution in [0.2, 0.25) is 0 Å². The Morgan fingerprint density at radius 2 is 2.00 bits per heavy atom. The summed E-state index contributed by atoms with van der Waals surface area (Å²) < 4.78 is 0. The molecule has 0 fully saturated rings. The van der Waals surface area contributed by atoms with Gasteiger partial charge in [-0.25, -0.2) is 0 Å². The fourth-order valence-corrected chi connectivity index (χ4v) is 0.406. The largest absolute Gasteiger partial charge is 0.353 e. The van der Waals surface area contributed by atoms with Crippen molar-refractivity contribution in [2.24, 2.45) is 5.73 Å². The molecule has 0 aliphatic heterocycles. The third kappa shape index (κ3) is 17.7. The smallest absolute Gasteiger partial charge is 0.217 e. The Morgan fingerprint density at radius 1 is 1.64 bits per heavy atom. The van der Waals surface area contributed by atoms with Crippen molar-refractivity contribution < 1.29 is 7.65 Å². The number of rotatable bonds is 2. The molecule has 0 saturated carbocycles. The van der Waals surface area contributed by atoms with Gasteiger partial charge in [-0.1, -0.05) is 20.3 Å². The average Bonchev–Trinajstić information content (AvgIpc) is 1.88. The number of carbonyl (C=O) groups is 1. The number of carbonyl (C=O) groups excluding carboxylic acids is 1. The molecule has 0 heterocycles. The van der Waals surface area contributed by atoms with Gasteiger partial charge in [0.25, 0.3) is 0 Å². The van der Waals surface area contributed by atoms with Crippen molar-refractivity contribution in [3.05, 3.63) is 0 Å². The lowest BCUT2D eigenvalue weighted by Crippen LogP contribution is -2.36. The highest BCUT2D eigenvalue weighted by atomic mass is 16.1. The Kier molecular flexibility index (Phi) is 11.2. The summed E-state index contributed by atoms with van der Waals surface area (Å²) >= 11 is 0. The van der Waals surface area contributed by atoms with Crippen molar-refractivity contribution in [1.29, 1.82) is 0 Å². The first kappa shape index (κ1) is 13.1. The summed E-state index contributed by atoms with van der Waals surface area (Å²) in [5, 5.41) is 2.63. The third-order valence-electron chi connectivity index (χ3n) is 0.803. The molecule has 0 radical (unpaired) electrons. The lowest BCUT2D eigenvalue weighted by Gasteiger charge is -2.07. The van der Waals surface area contributed by atoms with Crippen LogP contribution in [-0.4, -0.2) is 18.5 Å². The summed E-state index contributed by atoms with van der Waals surface area (Å²) in [5.74, 6) is -0.0250. The molecule has 0 aromatic heterocycles. The van der Waals surface area contributed by atoms with Crippen LogP contribution in [0.3, 0.4) is 0 Å². The second kappa shape index (κ2) is 9.43. The zero-order valence-electron chi connectivity index (χ0n) is 7.98. The van der Waals surface area contributed by atoms with Crippen molar-refractivity contribution in [3.63, 3.8) is 0 Å². The molecule has 0 spiro atoms. The van der Waals surface area contributed by atoms with Gasteiger partial charge in [-0.3, -0.25) is 4.79 Å². The lowest BCUT2D eigenvalue weighted by atomic mass is 10.3. The Bertz CT molecular complexity index is 102. The van der Waals surface area contributed by atoms with Crippen LogP contribution >= 0.6 is 0 Å². The summed E-state index contributed by atoms with van der Waals surface area (Å²) in [5.41, 5.74) is 5.21. The Labute approximate surface area is 72.3 Å². The monoisotopic (exact) mass is 164 g/mol. The van der Waals surface area contributed by atoms with E-state index in [-0.39, 0.29) is 14.8 Å². The fraction of sp³-hybridized carbons (Fsp3) is 0.875. The molecule has 3 nitrogen and oxygen atoms in total. The van der Waals surface area contributed by atoms with E-state index in [2.05, 4.69) is 19.2 Å². The maximum absolute atomic E-state index is 10.2. The van der Waals surface area contributed by atoms with E-state index in [4.69, 9.17) is 5.73 Å². The van der Waals surface area contributed by atoms with Crippen LogP contribution in [0, 0.1) is 0 Å². The van der Waals surface area contributed by atoms with Crippen LogP contribution in [0.1, 0.15) is 37.0 Å². The van der Waals surface area contributed by atoms with E-state index in [0.717, 1.165) is 0 Å². The van der Waals surface area contributed by atoms with Crippen molar-refractivity contribution in [3.8, 4) is 0 Å². The zero-order valence-corrected chi connectivity index (χ0v) is 7.98. The summed E-state index contributed by atoms with van der Waals surface area (Å²) in [6.07, 6.45) is 1.25. The van der Waals surface area contributed by atoms with Crippen LogP contribution in [0.4, 0.5) is 0 Å². The van der Waals surface area contributed by atoms with Gasteiger partial charge in [-0.15, -0.1) is 0 Å². The van der Waals surface area contributed by atoms with E-state index >= 15 is 0 Å². The minimum atomic E-state index is -0.0250. The summed E-state index contributed by atoms with van der Waals surface area (Å²) in [4.78, 5) is 10.2. The van der Waals surface area contributed by atoms with Gasteiger partial charge < -0.3 is 11.1 Å². The second-order valence-corrected chi connectivity index (χ2v) is 2.54. The first-order valence-electron chi connectivity index (χ1n) is 4.05. The molecular formula is C8H24N2O. The van der Waals surface area contributed by atoms with Crippen molar-refractivity contribution in [2.75, 3.05) is 6.54 Å². The topological polar surface area (TPSA) is 55.1 Å². The molecule has 0 aliphatic carbocycles. The molecule has 0 bridgehead atoms. The van der Waals surface area contributed by atoms with E-state index in [1.165, 1.54) is 13.3 Å². The normalized spacial score (nSPS) is 11.0. The number of amides is 1. The van der Waals surface area contributed by atoms with E-state index in [1.807, 2.05) is 6.92 Å². The molecule has 72 valence electrons. The Balaban J connectivity index is -0.0000000720. The first-order valence-corrected chi connectivity index (χ1v) is 4.05. The zero-order chi connectivity index (χ0) is 9.28. The number of hydrogen-bond acceptors (Lipinski definition) is 2. The van der Waals surface area contributed by atoms with E-state index in [1.54, 1.807) is 0 Å². The highest BCUT2D eigenvalue weighted by molar-refractivity contribution is 5.73. The molecule has 0 saturated heterocycles. The quantitative estimate of drug-likeness (QED) is 0.648. The van der Waals surface area contributed by atoms with Crippen molar-refractivity contribution >= 4 is 5.91 Å². The first-order chi connectivity index (χ1) is 5.08. The maximum Gasteiger partial charge on any atom is 0.217 e.